The van der Waals surface area contributed by atoms with Crippen molar-refractivity contribution in [2.24, 2.45) is 21.8 Å². The quantitative estimate of drug-likeness (QED) is 0.0472. The van der Waals surface area contributed by atoms with Crippen LogP contribution in [0.15, 0.2) is 93.8 Å². The Morgan fingerprint density at radius 1 is 0.896 bits per heavy atom. The Kier molecular flexibility index (Phi) is 15.7. The van der Waals surface area contributed by atoms with Gasteiger partial charge >= 0.3 is 5.97 Å². The molecule has 398 valence electrons. The molecule has 3 aromatic heterocycles. The van der Waals surface area contributed by atoms with Crippen LogP contribution in [0.3, 0.4) is 0 Å². The Balaban J connectivity index is 0.874. The second-order valence-corrected chi connectivity index (χ2v) is 20.5. The lowest BCUT2D eigenvalue weighted by molar-refractivity contribution is -0.137. The van der Waals surface area contributed by atoms with E-state index in [9.17, 15) is 14.7 Å². The molecule has 0 saturated heterocycles. The number of benzene rings is 3. The SMILES string of the molecule is CCC1=C(C)C2Cc3[nH]c(c(C)c3C(C)OCc3ccc(C#Cc4cccc(Nc5ncnc6cc(OCCOC)c(OCCOC)cc56)c4)cc3)C=C3N=C(C4CC(=O)c5c4[nH]c(c5C)CC1=N2)[C@@H](CCC(=O)O)[C@@H]3C. The number of carbonyl (C=O) groups excluding carboxylic acids is 1. The molecule has 0 fully saturated rings. The third kappa shape index (κ3) is 11.0. The highest BCUT2D eigenvalue weighted by molar-refractivity contribution is 6.11. The number of Topliss-reactive ketones (excluding diaryl/α,β-unsaturated/α-hetero) is 1. The molecule has 5 atom stereocenters. The standard InChI is InChI=1S/C62H67N7O8/c1-9-43-34(2)47-30-53-58(36(4)49(67-53)28-48-35(3)44(19-20-57(71)72)60(68-48)46-26-54(70)59-37(5)50(69-61(46)59)29-52(43)66-47)38(6)77-32-41-17-14-39(15-18-41)13-16-40-11-10-12-42(25-40)65-62-45-27-55(75-23-21-73-7)56(76-24-22-74-8)31-51(45)63-33-64-62/h10-12,14-15,17-18,25,27-28,31,33,35,38,44,46-47,67,69H,9,19-24,26,29-30,32H2,1-8H3,(H,71,72)(H,63,64,65)/t35-,38?,44-,46?,47?/m0/s1. The fourth-order valence-corrected chi connectivity index (χ4v) is 11.6. The molecule has 3 aromatic carbocycles. The summed E-state index contributed by atoms with van der Waals surface area (Å²) >= 11 is 0. The number of aromatic nitrogens is 4. The number of nitrogens with one attached hydrogen (secondary N) is 3. The molecule has 15 heteroatoms. The number of H-pyrrole nitrogens is 2. The number of anilines is 2. The van der Waals surface area contributed by atoms with Crippen LogP contribution >= 0.6 is 0 Å². The molecule has 3 unspecified atom stereocenters. The van der Waals surface area contributed by atoms with E-state index in [1.54, 1.807) is 14.2 Å². The molecule has 0 amide bonds. The zero-order chi connectivity index (χ0) is 53.9. The number of aliphatic imine (C=N–C) groups is 2. The average Bonchev–Trinajstić information content (AvgIpc) is 4.34. The molecule has 10 rings (SSSR count). The number of ketones is 1. The van der Waals surface area contributed by atoms with E-state index in [1.807, 2.05) is 55.5 Å². The lowest BCUT2D eigenvalue weighted by atomic mass is 9.81. The number of aromatic amines is 2. The molecular formula is C62H67N7O8. The Labute approximate surface area is 449 Å². The molecule has 0 saturated carbocycles. The first-order valence-corrected chi connectivity index (χ1v) is 26.7. The number of methoxy groups -OCH3 is 2. The van der Waals surface area contributed by atoms with Gasteiger partial charge < -0.3 is 44.1 Å². The maximum atomic E-state index is 13.8. The second-order valence-electron chi connectivity index (χ2n) is 20.5. The Bertz CT molecular complexity index is 3440. The van der Waals surface area contributed by atoms with Crippen molar-refractivity contribution in [3.63, 3.8) is 0 Å². The zero-order valence-corrected chi connectivity index (χ0v) is 45.2. The van der Waals surface area contributed by atoms with E-state index in [0.717, 1.165) is 96.3 Å². The smallest absolute Gasteiger partial charge is 0.303 e. The van der Waals surface area contributed by atoms with Gasteiger partial charge in [-0.15, -0.1) is 0 Å². The molecule has 0 spiro atoms. The monoisotopic (exact) mass is 1040 g/mol. The van der Waals surface area contributed by atoms with Gasteiger partial charge in [0.15, 0.2) is 17.3 Å². The van der Waals surface area contributed by atoms with Crippen molar-refractivity contribution in [3.05, 3.63) is 146 Å². The Morgan fingerprint density at radius 2 is 1.65 bits per heavy atom. The summed E-state index contributed by atoms with van der Waals surface area (Å²) < 4.78 is 29.1. The Hall–Kier alpha value is -7.64. The first-order chi connectivity index (χ1) is 37.3. The highest BCUT2D eigenvalue weighted by Crippen LogP contribution is 2.47. The van der Waals surface area contributed by atoms with Gasteiger partial charge in [0.25, 0.3) is 0 Å². The molecule has 3 aliphatic heterocycles. The number of carboxylic acids is 1. The van der Waals surface area contributed by atoms with Crippen LogP contribution in [0.4, 0.5) is 11.5 Å². The average molecular weight is 1040 g/mol. The number of hydrogen-bond donors (Lipinski definition) is 4. The molecule has 8 bridgehead atoms. The second kappa shape index (κ2) is 22.9. The summed E-state index contributed by atoms with van der Waals surface area (Å²) in [6, 6.07) is 19.7. The highest BCUT2D eigenvalue weighted by Gasteiger charge is 2.44. The fraction of sp³-hybridized carbons (Fsp3) is 0.387. The van der Waals surface area contributed by atoms with Gasteiger partial charge in [0.05, 0.1) is 37.5 Å². The van der Waals surface area contributed by atoms with Gasteiger partial charge in [-0.1, -0.05) is 43.9 Å². The van der Waals surface area contributed by atoms with Crippen LogP contribution in [0, 0.1) is 37.5 Å². The van der Waals surface area contributed by atoms with Gasteiger partial charge in [-0.2, -0.15) is 0 Å². The number of fused-ring (bicyclic) bond motifs is 7. The maximum absolute atomic E-state index is 13.8. The largest absolute Gasteiger partial charge is 0.487 e. The number of carbonyl (C=O) groups is 2. The van der Waals surface area contributed by atoms with E-state index in [1.165, 1.54) is 17.5 Å². The minimum Gasteiger partial charge on any atom is -0.487 e. The summed E-state index contributed by atoms with van der Waals surface area (Å²) in [6.45, 7) is 14.8. The lowest BCUT2D eigenvalue weighted by Gasteiger charge is -2.21. The molecule has 1 aliphatic carbocycles. The van der Waals surface area contributed by atoms with Crippen molar-refractivity contribution in [3.8, 4) is 23.3 Å². The fourth-order valence-electron chi connectivity index (χ4n) is 11.6. The number of hydrogen-bond acceptors (Lipinski definition) is 12. The molecule has 77 heavy (non-hydrogen) atoms. The summed E-state index contributed by atoms with van der Waals surface area (Å²) in [7, 11) is 3.26. The molecular weight excluding hydrogens is 971 g/mol. The summed E-state index contributed by atoms with van der Waals surface area (Å²) in [5.74, 6) is 7.27. The van der Waals surface area contributed by atoms with E-state index >= 15 is 0 Å². The molecule has 6 heterocycles. The predicted octanol–water partition coefficient (Wildman–Crippen LogP) is 11.3. The van der Waals surface area contributed by atoms with Crippen LogP contribution in [-0.2, 0) is 38.5 Å². The van der Waals surface area contributed by atoms with Gasteiger partial charge in [-0.05, 0) is 111 Å². The summed E-state index contributed by atoms with van der Waals surface area (Å²) in [4.78, 5) is 53.1. The van der Waals surface area contributed by atoms with E-state index in [0.29, 0.717) is 81.6 Å². The van der Waals surface area contributed by atoms with E-state index in [2.05, 4.69) is 89.9 Å². The van der Waals surface area contributed by atoms with Gasteiger partial charge in [0, 0.05) is 137 Å². The van der Waals surface area contributed by atoms with Crippen molar-refractivity contribution in [2.45, 2.75) is 105 Å². The number of carboxylic acid groups (broad SMARTS) is 1. The first kappa shape index (κ1) is 52.8. The third-order valence-corrected chi connectivity index (χ3v) is 15.7. The number of aliphatic carboxylic acids is 1. The van der Waals surface area contributed by atoms with Crippen molar-refractivity contribution >= 4 is 51.7 Å². The van der Waals surface area contributed by atoms with Crippen molar-refractivity contribution < 1.29 is 38.4 Å². The topological polar surface area (TPSA) is 195 Å². The van der Waals surface area contributed by atoms with Gasteiger partial charge in [-0.3, -0.25) is 19.6 Å². The molecule has 15 nitrogen and oxygen atoms in total. The molecule has 6 aromatic rings. The van der Waals surface area contributed by atoms with Crippen LogP contribution in [0.5, 0.6) is 11.5 Å². The highest BCUT2D eigenvalue weighted by atomic mass is 16.5. The van der Waals surface area contributed by atoms with Crippen LogP contribution in [0.25, 0.3) is 17.0 Å². The van der Waals surface area contributed by atoms with Crippen LogP contribution in [0.2, 0.25) is 0 Å². The van der Waals surface area contributed by atoms with Crippen LogP contribution in [0.1, 0.15) is 132 Å². The zero-order valence-electron chi connectivity index (χ0n) is 45.2. The molecule has 0 radical (unpaired) electrons. The van der Waals surface area contributed by atoms with Crippen molar-refractivity contribution in [1.29, 1.82) is 0 Å². The summed E-state index contributed by atoms with van der Waals surface area (Å²) in [5.41, 5.74) is 17.5. The molecule has 4 N–H and O–H groups in total. The third-order valence-electron chi connectivity index (χ3n) is 15.7. The van der Waals surface area contributed by atoms with E-state index < -0.39 is 5.97 Å². The van der Waals surface area contributed by atoms with Gasteiger partial charge in [-0.25, -0.2) is 9.97 Å². The number of ether oxygens (including phenoxy) is 5. The number of allylic oxidation sites excluding steroid dienone is 2. The maximum Gasteiger partial charge on any atom is 0.303 e. The predicted molar refractivity (Wildman–Crippen MR) is 299 cm³/mol. The summed E-state index contributed by atoms with van der Waals surface area (Å²) in [6.07, 6.45) is 6.32. The minimum atomic E-state index is -0.838. The van der Waals surface area contributed by atoms with E-state index in [4.69, 9.17) is 33.7 Å². The lowest BCUT2D eigenvalue weighted by Crippen LogP contribution is -2.23. The normalized spacial score (nSPS) is 19.0. The van der Waals surface area contributed by atoms with Crippen molar-refractivity contribution in [1.82, 2.24) is 19.9 Å². The van der Waals surface area contributed by atoms with Gasteiger partial charge in [0.2, 0.25) is 0 Å². The number of nitrogens with zero attached hydrogens (tertiary/aromatic N) is 4. The van der Waals surface area contributed by atoms with Crippen molar-refractivity contribution in [2.75, 3.05) is 46.0 Å². The Morgan fingerprint density at radius 3 is 2.39 bits per heavy atom. The molecule has 4 aliphatic rings. The summed E-state index contributed by atoms with van der Waals surface area (Å²) in [5, 5.41) is 14.0. The van der Waals surface area contributed by atoms with Crippen LogP contribution < -0.4 is 14.8 Å². The minimum absolute atomic E-state index is 0.0262. The van der Waals surface area contributed by atoms with E-state index in [-0.39, 0.29) is 42.1 Å². The first-order valence-electron chi connectivity index (χ1n) is 26.7. The van der Waals surface area contributed by atoms with Gasteiger partial charge in [0.1, 0.15) is 25.4 Å². The number of rotatable bonds is 18. The van der Waals surface area contributed by atoms with Crippen LogP contribution in [-0.4, -0.2) is 94.9 Å².